The van der Waals surface area contributed by atoms with Crippen LogP contribution < -0.4 is 0 Å². The Bertz CT molecular complexity index is 370. The molecule has 2 aliphatic rings. The molecule has 1 N–H and O–H groups in total. The second kappa shape index (κ2) is 5.57. The minimum atomic E-state index is 0.444. The molecule has 0 amide bonds. The first kappa shape index (κ1) is 12.5. The fourth-order valence-electron chi connectivity index (χ4n) is 3.46. The fraction of sp³-hybridized carbons (Fsp3) is 0.625. The van der Waals surface area contributed by atoms with Gasteiger partial charge in [-0.15, -0.1) is 0 Å². The van der Waals surface area contributed by atoms with Crippen molar-refractivity contribution in [1.29, 1.82) is 0 Å². The SMILES string of the molecule is CC.Oc1ccc2c(c1)C1CCCCC1CC2. The molecule has 1 aromatic rings. The lowest BCUT2D eigenvalue weighted by Gasteiger charge is -2.37. The minimum absolute atomic E-state index is 0.444. The number of aryl methyl sites for hydroxylation is 1. The Morgan fingerprint density at radius 1 is 1.06 bits per heavy atom. The third kappa shape index (κ3) is 2.48. The predicted octanol–water partition coefficient (Wildman–Crippen LogP) is 4.64. The van der Waals surface area contributed by atoms with Crippen LogP contribution in [0.4, 0.5) is 0 Å². The van der Waals surface area contributed by atoms with Gasteiger partial charge in [0.05, 0.1) is 0 Å². The summed E-state index contributed by atoms with van der Waals surface area (Å²) in [5.41, 5.74) is 2.93. The third-order valence-electron chi connectivity index (χ3n) is 4.22. The fourth-order valence-corrected chi connectivity index (χ4v) is 3.46. The molecule has 1 saturated carbocycles. The lowest BCUT2D eigenvalue weighted by Crippen LogP contribution is -2.23. The molecule has 1 fully saturated rings. The summed E-state index contributed by atoms with van der Waals surface area (Å²) in [7, 11) is 0. The molecule has 2 atom stereocenters. The molecule has 0 heterocycles. The highest BCUT2D eigenvalue weighted by molar-refractivity contribution is 5.39. The molecule has 2 unspecified atom stereocenters. The van der Waals surface area contributed by atoms with Crippen molar-refractivity contribution in [3.63, 3.8) is 0 Å². The normalized spacial score (nSPS) is 26.2. The van der Waals surface area contributed by atoms with Crippen molar-refractivity contribution in [2.45, 2.75) is 58.3 Å². The molecule has 2 aliphatic carbocycles. The average molecular weight is 232 g/mol. The lowest BCUT2D eigenvalue weighted by molar-refractivity contribution is 0.275. The van der Waals surface area contributed by atoms with E-state index in [4.69, 9.17) is 0 Å². The molecule has 0 aliphatic heterocycles. The molecule has 0 bridgehead atoms. The standard InChI is InChI=1S/C14H18O.C2H6/c15-12-8-7-11-6-5-10-3-1-2-4-13(10)14(11)9-12;1-2/h7-10,13,15H,1-6H2;1-2H3. The highest BCUT2D eigenvalue weighted by atomic mass is 16.3. The predicted molar refractivity (Wildman–Crippen MR) is 72.5 cm³/mol. The molecule has 0 aromatic heterocycles. The molecule has 3 rings (SSSR count). The van der Waals surface area contributed by atoms with Crippen LogP contribution in [0.1, 0.15) is 63.0 Å². The zero-order chi connectivity index (χ0) is 12.3. The highest BCUT2D eigenvalue weighted by Gasteiger charge is 2.31. The minimum Gasteiger partial charge on any atom is -0.508 e. The average Bonchev–Trinajstić information content (AvgIpc) is 2.41. The summed E-state index contributed by atoms with van der Waals surface area (Å²) in [6, 6.07) is 5.97. The first-order valence-electron chi connectivity index (χ1n) is 7.16. The van der Waals surface area contributed by atoms with Gasteiger partial charge in [-0.3, -0.25) is 0 Å². The Kier molecular flexibility index (Phi) is 4.09. The van der Waals surface area contributed by atoms with Crippen molar-refractivity contribution >= 4 is 0 Å². The summed E-state index contributed by atoms with van der Waals surface area (Å²) < 4.78 is 0. The second-order valence-electron chi connectivity index (χ2n) is 5.07. The largest absolute Gasteiger partial charge is 0.508 e. The molecular formula is C16H24O. The van der Waals surface area contributed by atoms with E-state index in [-0.39, 0.29) is 0 Å². The van der Waals surface area contributed by atoms with E-state index in [0.717, 1.165) is 11.8 Å². The Hall–Kier alpha value is -0.980. The Morgan fingerprint density at radius 2 is 1.82 bits per heavy atom. The summed E-state index contributed by atoms with van der Waals surface area (Å²) in [5, 5.41) is 9.58. The van der Waals surface area contributed by atoms with Gasteiger partial charge in [-0.2, -0.15) is 0 Å². The Morgan fingerprint density at radius 3 is 2.65 bits per heavy atom. The Labute approximate surface area is 105 Å². The zero-order valence-electron chi connectivity index (χ0n) is 11.1. The molecular weight excluding hydrogens is 208 g/mol. The van der Waals surface area contributed by atoms with Crippen LogP contribution in [0.25, 0.3) is 0 Å². The number of hydrogen-bond acceptors (Lipinski definition) is 1. The lowest BCUT2D eigenvalue weighted by atomic mass is 9.68. The monoisotopic (exact) mass is 232 g/mol. The maximum absolute atomic E-state index is 9.58. The van der Waals surface area contributed by atoms with E-state index in [1.54, 1.807) is 0 Å². The van der Waals surface area contributed by atoms with Crippen LogP contribution in [0.5, 0.6) is 5.75 Å². The summed E-state index contributed by atoms with van der Waals surface area (Å²) in [6.07, 6.45) is 8.10. The van der Waals surface area contributed by atoms with Crippen molar-refractivity contribution in [2.75, 3.05) is 0 Å². The number of phenols is 1. The van der Waals surface area contributed by atoms with E-state index in [0.29, 0.717) is 5.75 Å². The first-order valence-corrected chi connectivity index (χ1v) is 7.16. The molecule has 0 spiro atoms. The molecule has 1 heteroatoms. The van der Waals surface area contributed by atoms with Crippen molar-refractivity contribution in [3.05, 3.63) is 29.3 Å². The smallest absolute Gasteiger partial charge is 0.115 e. The molecule has 1 aromatic carbocycles. The Balaban J connectivity index is 0.000000514. The van der Waals surface area contributed by atoms with Crippen LogP contribution in [-0.2, 0) is 6.42 Å². The summed E-state index contributed by atoms with van der Waals surface area (Å²) in [5.74, 6) is 2.09. The maximum Gasteiger partial charge on any atom is 0.115 e. The van der Waals surface area contributed by atoms with Crippen LogP contribution in [0.15, 0.2) is 18.2 Å². The van der Waals surface area contributed by atoms with Crippen molar-refractivity contribution < 1.29 is 5.11 Å². The molecule has 0 saturated heterocycles. The van der Waals surface area contributed by atoms with Crippen LogP contribution in [-0.4, -0.2) is 5.11 Å². The van der Waals surface area contributed by atoms with E-state index < -0.39 is 0 Å². The number of aromatic hydroxyl groups is 1. The van der Waals surface area contributed by atoms with Gasteiger partial charge in [-0.05, 0) is 60.8 Å². The number of fused-ring (bicyclic) bond motifs is 3. The van der Waals surface area contributed by atoms with E-state index in [9.17, 15) is 5.11 Å². The van der Waals surface area contributed by atoms with Crippen molar-refractivity contribution in [1.82, 2.24) is 0 Å². The van der Waals surface area contributed by atoms with Gasteiger partial charge < -0.3 is 5.11 Å². The van der Waals surface area contributed by atoms with Gasteiger partial charge in [0.15, 0.2) is 0 Å². The van der Waals surface area contributed by atoms with Gasteiger partial charge in [0.25, 0.3) is 0 Å². The molecule has 0 radical (unpaired) electrons. The van der Waals surface area contributed by atoms with E-state index >= 15 is 0 Å². The highest BCUT2D eigenvalue weighted by Crippen LogP contribution is 2.45. The molecule has 94 valence electrons. The number of benzene rings is 1. The number of hydrogen-bond donors (Lipinski definition) is 1. The van der Waals surface area contributed by atoms with E-state index in [1.807, 2.05) is 26.0 Å². The topological polar surface area (TPSA) is 20.2 Å². The van der Waals surface area contributed by atoms with E-state index in [2.05, 4.69) is 6.07 Å². The maximum atomic E-state index is 9.58. The number of phenolic OH excluding ortho intramolecular Hbond substituents is 1. The third-order valence-corrected chi connectivity index (χ3v) is 4.22. The van der Waals surface area contributed by atoms with Gasteiger partial charge in [0.1, 0.15) is 5.75 Å². The summed E-state index contributed by atoms with van der Waals surface area (Å²) in [6.45, 7) is 4.00. The van der Waals surface area contributed by atoms with Crippen molar-refractivity contribution in [2.24, 2.45) is 5.92 Å². The van der Waals surface area contributed by atoms with E-state index in [1.165, 1.54) is 49.7 Å². The van der Waals surface area contributed by atoms with Crippen LogP contribution in [0.3, 0.4) is 0 Å². The molecule has 1 nitrogen and oxygen atoms in total. The number of rotatable bonds is 0. The first-order chi connectivity index (χ1) is 8.34. The van der Waals surface area contributed by atoms with Crippen LogP contribution >= 0.6 is 0 Å². The van der Waals surface area contributed by atoms with Crippen LogP contribution in [0, 0.1) is 5.92 Å². The second-order valence-corrected chi connectivity index (χ2v) is 5.07. The zero-order valence-corrected chi connectivity index (χ0v) is 11.1. The van der Waals surface area contributed by atoms with Crippen molar-refractivity contribution in [3.8, 4) is 5.75 Å². The quantitative estimate of drug-likeness (QED) is 0.691. The van der Waals surface area contributed by atoms with Gasteiger partial charge in [0.2, 0.25) is 0 Å². The summed E-state index contributed by atoms with van der Waals surface area (Å²) in [4.78, 5) is 0. The molecule has 17 heavy (non-hydrogen) atoms. The van der Waals surface area contributed by atoms with Gasteiger partial charge in [0, 0.05) is 0 Å². The van der Waals surface area contributed by atoms with Gasteiger partial charge in [-0.1, -0.05) is 32.8 Å². The van der Waals surface area contributed by atoms with Gasteiger partial charge >= 0.3 is 0 Å². The summed E-state index contributed by atoms with van der Waals surface area (Å²) >= 11 is 0. The van der Waals surface area contributed by atoms with Gasteiger partial charge in [-0.25, -0.2) is 0 Å². The van der Waals surface area contributed by atoms with Crippen LogP contribution in [0.2, 0.25) is 0 Å².